The van der Waals surface area contributed by atoms with Gasteiger partial charge in [-0.25, -0.2) is 9.18 Å². The van der Waals surface area contributed by atoms with Crippen LogP contribution in [0.1, 0.15) is 33.3 Å². The van der Waals surface area contributed by atoms with E-state index in [1.54, 1.807) is 17.0 Å². The van der Waals surface area contributed by atoms with E-state index in [1.807, 2.05) is 32.6 Å². The summed E-state index contributed by atoms with van der Waals surface area (Å²) in [6.45, 7) is 8.97. The van der Waals surface area contributed by atoms with Gasteiger partial charge in [0.1, 0.15) is 11.4 Å². The van der Waals surface area contributed by atoms with Crippen molar-refractivity contribution in [1.82, 2.24) is 4.90 Å². The number of ether oxygens (including phenoxy) is 1. The number of anilines is 1. The summed E-state index contributed by atoms with van der Waals surface area (Å²) in [5.74, 6) is 2.22. The van der Waals surface area contributed by atoms with Crippen molar-refractivity contribution in [2.24, 2.45) is 0 Å². The topological polar surface area (TPSA) is 32.8 Å². The highest BCUT2D eigenvalue weighted by Crippen LogP contribution is 2.25. The van der Waals surface area contributed by atoms with Gasteiger partial charge in [0, 0.05) is 31.2 Å². The molecular formula is C18H23FN2O2. The lowest BCUT2D eigenvalue weighted by Gasteiger charge is -2.41. The molecule has 1 aliphatic rings. The first kappa shape index (κ1) is 17.1. The summed E-state index contributed by atoms with van der Waals surface area (Å²) in [7, 11) is 0. The Morgan fingerprint density at radius 3 is 2.65 bits per heavy atom. The SMILES string of the molecule is C#Cc1ccc(F)c(N2CCN(C(=O)OC(C)(C)C)C[C@@H]2C)c1. The van der Waals surface area contributed by atoms with E-state index in [0.29, 0.717) is 30.9 Å². The molecule has 4 nitrogen and oxygen atoms in total. The lowest BCUT2D eigenvalue weighted by atomic mass is 10.1. The van der Waals surface area contributed by atoms with Gasteiger partial charge < -0.3 is 14.5 Å². The second-order valence-corrected chi connectivity index (χ2v) is 6.78. The molecule has 0 bridgehead atoms. The van der Waals surface area contributed by atoms with Crippen LogP contribution in [0.5, 0.6) is 0 Å². The third-order valence-corrected chi connectivity index (χ3v) is 3.70. The highest BCUT2D eigenvalue weighted by molar-refractivity contribution is 5.69. The molecule has 1 aromatic carbocycles. The summed E-state index contributed by atoms with van der Waals surface area (Å²) in [4.78, 5) is 15.8. The average molecular weight is 318 g/mol. The van der Waals surface area contributed by atoms with E-state index < -0.39 is 5.60 Å². The van der Waals surface area contributed by atoms with Crippen LogP contribution >= 0.6 is 0 Å². The Morgan fingerprint density at radius 1 is 1.39 bits per heavy atom. The zero-order valence-corrected chi connectivity index (χ0v) is 14.1. The Kier molecular flexibility index (Phi) is 4.84. The van der Waals surface area contributed by atoms with Gasteiger partial charge in [0.05, 0.1) is 5.69 Å². The molecule has 5 heteroatoms. The lowest BCUT2D eigenvalue weighted by Crippen LogP contribution is -2.54. The second-order valence-electron chi connectivity index (χ2n) is 6.78. The molecule has 1 atom stereocenters. The Balaban J connectivity index is 2.11. The maximum atomic E-state index is 14.1. The summed E-state index contributed by atoms with van der Waals surface area (Å²) in [5.41, 5.74) is 0.602. The van der Waals surface area contributed by atoms with Gasteiger partial charge in [-0.05, 0) is 45.9 Å². The third-order valence-electron chi connectivity index (χ3n) is 3.70. The standard InChI is InChI=1S/C18H23FN2O2/c1-6-14-7-8-15(19)16(11-14)21-10-9-20(12-13(21)2)17(22)23-18(3,4)5/h1,7-8,11,13H,9-10,12H2,2-5H3/t13-/m0/s1. The first-order valence-electron chi connectivity index (χ1n) is 7.72. The summed E-state index contributed by atoms with van der Waals surface area (Å²) >= 11 is 0. The molecule has 1 aliphatic heterocycles. The molecule has 1 saturated heterocycles. The highest BCUT2D eigenvalue weighted by Gasteiger charge is 2.30. The maximum absolute atomic E-state index is 14.1. The molecular weight excluding hydrogens is 295 g/mol. The Labute approximate surface area is 137 Å². The molecule has 0 spiro atoms. The minimum absolute atomic E-state index is 0.0289. The Bertz CT molecular complexity index is 631. The van der Waals surface area contributed by atoms with Crippen molar-refractivity contribution in [1.29, 1.82) is 0 Å². The number of amides is 1. The van der Waals surface area contributed by atoms with Crippen LogP contribution in [-0.4, -0.2) is 42.3 Å². The van der Waals surface area contributed by atoms with Gasteiger partial charge in [0.15, 0.2) is 0 Å². The van der Waals surface area contributed by atoms with Crippen molar-refractivity contribution >= 4 is 11.8 Å². The normalized spacial score (nSPS) is 18.5. The monoisotopic (exact) mass is 318 g/mol. The van der Waals surface area contributed by atoms with Gasteiger partial charge in [-0.15, -0.1) is 6.42 Å². The van der Waals surface area contributed by atoms with Crippen molar-refractivity contribution in [2.45, 2.75) is 39.3 Å². The van der Waals surface area contributed by atoms with E-state index in [1.165, 1.54) is 6.07 Å². The van der Waals surface area contributed by atoms with Gasteiger partial charge in [-0.3, -0.25) is 0 Å². The van der Waals surface area contributed by atoms with Gasteiger partial charge in [0.25, 0.3) is 0 Å². The van der Waals surface area contributed by atoms with Crippen LogP contribution in [0.3, 0.4) is 0 Å². The minimum atomic E-state index is -0.523. The molecule has 0 N–H and O–H groups in total. The first-order valence-corrected chi connectivity index (χ1v) is 7.72. The number of piperazine rings is 1. The predicted molar refractivity (Wildman–Crippen MR) is 89.0 cm³/mol. The number of nitrogens with zero attached hydrogens (tertiary/aromatic N) is 2. The van der Waals surface area contributed by atoms with Crippen molar-refractivity contribution in [3.8, 4) is 12.3 Å². The molecule has 0 saturated carbocycles. The average Bonchev–Trinajstić information content (AvgIpc) is 2.46. The number of hydrogen-bond donors (Lipinski definition) is 0. The van der Waals surface area contributed by atoms with Crippen LogP contribution in [0, 0.1) is 18.2 Å². The van der Waals surface area contributed by atoms with Crippen LogP contribution in [0.25, 0.3) is 0 Å². The van der Waals surface area contributed by atoms with Crippen LogP contribution in [0.15, 0.2) is 18.2 Å². The fraction of sp³-hybridized carbons (Fsp3) is 0.500. The summed E-state index contributed by atoms with van der Waals surface area (Å²) < 4.78 is 19.5. The zero-order chi connectivity index (χ0) is 17.2. The third kappa shape index (κ3) is 4.16. The fourth-order valence-electron chi connectivity index (χ4n) is 2.63. The van der Waals surface area contributed by atoms with Gasteiger partial charge in [0.2, 0.25) is 0 Å². The van der Waals surface area contributed by atoms with E-state index in [4.69, 9.17) is 11.2 Å². The largest absolute Gasteiger partial charge is 0.444 e. The van der Waals surface area contributed by atoms with Crippen molar-refractivity contribution in [3.05, 3.63) is 29.6 Å². The van der Waals surface area contributed by atoms with Crippen molar-refractivity contribution in [2.75, 3.05) is 24.5 Å². The quantitative estimate of drug-likeness (QED) is 0.745. The first-order chi connectivity index (χ1) is 10.7. The molecule has 0 unspecified atom stereocenters. The second kappa shape index (κ2) is 6.49. The lowest BCUT2D eigenvalue weighted by molar-refractivity contribution is 0.0218. The molecule has 0 radical (unpaired) electrons. The number of benzene rings is 1. The molecule has 1 fully saturated rings. The number of carbonyl (C=O) groups is 1. The maximum Gasteiger partial charge on any atom is 0.410 e. The number of rotatable bonds is 1. The van der Waals surface area contributed by atoms with Crippen molar-refractivity contribution < 1.29 is 13.9 Å². The smallest absolute Gasteiger partial charge is 0.410 e. The van der Waals surface area contributed by atoms with E-state index in [2.05, 4.69) is 5.92 Å². The number of halogens is 1. The van der Waals surface area contributed by atoms with Gasteiger partial charge in [-0.1, -0.05) is 5.92 Å². The molecule has 0 aliphatic carbocycles. The number of carbonyl (C=O) groups excluding carboxylic acids is 1. The summed E-state index contributed by atoms with van der Waals surface area (Å²) in [6.07, 6.45) is 5.06. The van der Waals surface area contributed by atoms with E-state index in [0.717, 1.165) is 0 Å². The molecule has 124 valence electrons. The van der Waals surface area contributed by atoms with Crippen LogP contribution in [0.2, 0.25) is 0 Å². The Hall–Kier alpha value is -2.22. The van der Waals surface area contributed by atoms with Gasteiger partial charge in [-0.2, -0.15) is 0 Å². The molecule has 0 aromatic heterocycles. The highest BCUT2D eigenvalue weighted by atomic mass is 19.1. The summed E-state index contributed by atoms with van der Waals surface area (Å²) in [6, 6.07) is 4.62. The van der Waals surface area contributed by atoms with E-state index in [-0.39, 0.29) is 18.0 Å². The van der Waals surface area contributed by atoms with E-state index in [9.17, 15) is 9.18 Å². The molecule has 2 rings (SSSR count). The van der Waals surface area contributed by atoms with Crippen molar-refractivity contribution in [3.63, 3.8) is 0 Å². The number of hydrogen-bond acceptors (Lipinski definition) is 3. The molecule has 23 heavy (non-hydrogen) atoms. The molecule has 1 amide bonds. The van der Waals surface area contributed by atoms with Crippen LogP contribution in [-0.2, 0) is 4.74 Å². The summed E-state index contributed by atoms with van der Waals surface area (Å²) in [5, 5.41) is 0. The Morgan fingerprint density at radius 2 is 2.09 bits per heavy atom. The number of terminal acetylenes is 1. The predicted octanol–water partition coefficient (Wildman–Crippen LogP) is 3.25. The molecule has 1 heterocycles. The molecule has 1 aromatic rings. The fourth-order valence-corrected chi connectivity index (χ4v) is 2.63. The van der Waals surface area contributed by atoms with Gasteiger partial charge >= 0.3 is 6.09 Å². The van der Waals surface area contributed by atoms with Crippen LogP contribution in [0.4, 0.5) is 14.9 Å². The zero-order valence-electron chi connectivity index (χ0n) is 14.1. The minimum Gasteiger partial charge on any atom is -0.444 e. The van der Waals surface area contributed by atoms with E-state index >= 15 is 0 Å². The van der Waals surface area contributed by atoms with Crippen LogP contribution < -0.4 is 4.90 Å².